The van der Waals surface area contributed by atoms with Crippen LogP contribution in [0.15, 0.2) is 53.7 Å². The molecular weight excluding hydrogens is 377 g/mol. The zero-order valence-corrected chi connectivity index (χ0v) is 15.3. The summed E-state index contributed by atoms with van der Waals surface area (Å²) in [4.78, 5) is 14.7. The fourth-order valence-corrected chi connectivity index (χ4v) is 2.59. The van der Waals surface area contributed by atoms with Gasteiger partial charge in [0.2, 0.25) is 0 Å². The average molecular weight is 396 g/mol. The molecule has 0 saturated heterocycles. The highest BCUT2D eigenvalue weighted by atomic mass is 19.4. The second kappa shape index (κ2) is 8.73. The van der Waals surface area contributed by atoms with Crippen molar-refractivity contribution in [1.82, 2.24) is 0 Å². The van der Waals surface area contributed by atoms with E-state index in [2.05, 4.69) is 5.16 Å². The van der Waals surface area contributed by atoms with Crippen molar-refractivity contribution >= 4 is 6.21 Å². The van der Waals surface area contributed by atoms with Crippen molar-refractivity contribution in [1.29, 1.82) is 0 Å². The predicted octanol–water partition coefficient (Wildman–Crippen LogP) is 4.28. The van der Waals surface area contributed by atoms with E-state index in [0.717, 1.165) is 17.8 Å². The van der Waals surface area contributed by atoms with Gasteiger partial charge in [-0.15, -0.1) is 0 Å². The summed E-state index contributed by atoms with van der Waals surface area (Å²) in [6, 6.07) is 12.2. The minimum atomic E-state index is -5.05. The van der Waals surface area contributed by atoms with Crippen LogP contribution in [-0.4, -0.2) is 31.0 Å². The first-order valence-corrected chi connectivity index (χ1v) is 8.26. The standard InChI is InChI=1S/C19H19F3N2O4/c1-14-4-3-5-16(12-14)18(13-24(25)26,19(20,21)22)28-23-11-10-15-6-8-17(27-2)9-7-15/h3-9,11-12H,10,13H2,1-2H3/b23-11+/t18-/m1/s1. The highest BCUT2D eigenvalue weighted by Crippen LogP contribution is 2.43. The topological polar surface area (TPSA) is 74.0 Å². The maximum absolute atomic E-state index is 13.9. The first-order chi connectivity index (χ1) is 13.2. The molecule has 0 fully saturated rings. The van der Waals surface area contributed by atoms with Crippen molar-refractivity contribution in [2.24, 2.45) is 5.16 Å². The third kappa shape index (κ3) is 4.99. The van der Waals surface area contributed by atoms with Crippen LogP contribution in [-0.2, 0) is 16.9 Å². The molecule has 2 aromatic carbocycles. The van der Waals surface area contributed by atoms with Crippen LogP contribution >= 0.6 is 0 Å². The molecule has 6 nitrogen and oxygen atoms in total. The van der Waals surface area contributed by atoms with Crippen molar-refractivity contribution < 1.29 is 27.7 Å². The number of alkyl halides is 3. The molecule has 0 aliphatic rings. The van der Waals surface area contributed by atoms with E-state index in [1.54, 1.807) is 37.3 Å². The van der Waals surface area contributed by atoms with Crippen molar-refractivity contribution in [3.8, 4) is 5.75 Å². The van der Waals surface area contributed by atoms with Crippen LogP contribution in [0.3, 0.4) is 0 Å². The van der Waals surface area contributed by atoms with Crippen LogP contribution in [0.25, 0.3) is 0 Å². The van der Waals surface area contributed by atoms with Gasteiger partial charge in [-0.1, -0.05) is 47.1 Å². The molecule has 2 rings (SSSR count). The number of hydrogen-bond acceptors (Lipinski definition) is 5. The molecule has 0 aliphatic heterocycles. The van der Waals surface area contributed by atoms with Gasteiger partial charge in [-0.05, 0) is 24.6 Å². The Bertz CT molecular complexity index is 838. The zero-order chi connectivity index (χ0) is 20.8. The smallest absolute Gasteiger partial charge is 0.442 e. The molecule has 0 spiro atoms. The largest absolute Gasteiger partial charge is 0.497 e. The number of halogens is 3. The molecule has 0 amide bonds. The lowest BCUT2D eigenvalue weighted by atomic mass is 9.92. The number of nitro groups is 1. The highest BCUT2D eigenvalue weighted by Gasteiger charge is 2.63. The van der Waals surface area contributed by atoms with Crippen molar-refractivity contribution in [2.45, 2.75) is 25.1 Å². The van der Waals surface area contributed by atoms with Crippen molar-refractivity contribution in [3.63, 3.8) is 0 Å². The van der Waals surface area contributed by atoms with E-state index < -0.39 is 23.2 Å². The van der Waals surface area contributed by atoms with Crippen LogP contribution in [0.2, 0.25) is 0 Å². The predicted molar refractivity (Wildman–Crippen MR) is 97.0 cm³/mol. The Hall–Kier alpha value is -3.10. The lowest BCUT2D eigenvalue weighted by molar-refractivity contribution is -0.522. The molecule has 0 N–H and O–H groups in total. The Morgan fingerprint density at radius 1 is 1.18 bits per heavy atom. The van der Waals surface area contributed by atoms with Gasteiger partial charge in [0.25, 0.3) is 6.54 Å². The third-order valence-electron chi connectivity index (χ3n) is 4.06. The van der Waals surface area contributed by atoms with Crippen molar-refractivity contribution in [2.75, 3.05) is 13.7 Å². The van der Waals surface area contributed by atoms with Crippen LogP contribution in [0, 0.1) is 17.0 Å². The van der Waals surface area contributed by atoms with E-state index >= 15 is 0 Å². The number of oxime groups is 1. The summed E-state index contributed by atoms with van der Waals surface area (Å²) < 4.78 is 46.6. The van der Waals surface area contributed by atoms with Gasteiger partial charge in [-0.25, -0.2) is 0 Å². The Balaban J connectivity index is 2.29. The normalized spacial score (nSPS) is 13.9. The zero-order valence-electron chi connectivity index (χ0n) is 15.3. The Labute approximate surface area is 159 Å². The third-order valence-corrected chi connectivity index (χ3v) is 4.06. The molecule has 28 heavy (non-hydrogen) atoms. The van der Waals surface area contributed by atoms with E-state index in [1.807, 2.05) is 0 Å². The van der Waals surface area contributed by atoms with E-state index in [9.17, 15) is 23.3 Å². The van der Waals surface area contributed by atoms with Gasteiger partial charge in [-0.2, -0.15) is 13.2 Å². The molecule has 0 aliphatic carbocycles. The summed E-state index contributed by atoms with van der Waals surface area (Å²) in [5.41, 5.74) is -2.28. The quantitative estimate of drug-likeness (QED) is 0.379. The summed E-state index contributed by atoms with van der Waals surface area (Å²) in [6.07, 6.45) is -3.73. The average Bonchev–Trinajstić information content (AvgIpc) is 2.63. The van der Waals surface area contributed by atoms with Gasteiger partial charge in [0.15, 0.2) is 0 Å². The number of ether oxygens (including phenoxy) is 1. The Kier molecular flexibility index (Phi) is 6.61. The van der Waals surface area contributed by atoms with Gasteiger partial charge >= 0.3 is 11.8 Å². The fourth-order valence-electron chi connectivity index (χ4n) is 2.59. The van der Waals surface area contributed by atoms with E-state index in [-0.39, 0.29) is 12.0 Å². The SMILES string of the molecule is COc1ccc(C/C=N/O[C@](C[N+](=O)[O-])(c2cccc(C)c2)C(F)(F)F)cc1. The van der Waals surface area contributed by atoms with E-state index in [0.29, 0.717) is 11.3 Å². The van der Waals surface area contributed by atoms with Crippen LogP contribution in [0.5, 0.6) is 5.75 Å². The number of rotatable bonds is 8. The molecule has 0 unspecified atom stereocenters. The number of nitrogens with zero attached hydrogens (tertiary/aromatic N) is 2. The minimum absolute atomic E-state index is 0.185. The molecule has 1 atom stereocenters. The minimum Gasteiger partial charge on any atom is -0.497 e. The summed E-state index contributed by atoms with van der Waals surface area (Å²) in [7, 11) is 1.52. The van der Waals surface area contributed by atoms with E-state index in [4.69, 9.17) is 9.57 Å². The summed E-state index contributed by atoms with van der Waals surface area (Å²) in [5.74, 6) is 0.637. The van der Waals surface area contributed by atoms with Gasteiger partial charge in [0.1, 0.15) is 5.75 Å². The Morgan fingerprint density at radius 2 is 1.86 bits per heavy atom. The number of hydrogen-bond donors (Lipinski definition) is 0. The second-order valence-electron chi connectivity index (χ2n) is 6.12. The maximum atomic E-state index is 13.9. The van der Waals surface area contributed by atoms with Gasteiger partial charge < -0.3 is 9.57 Å². The summed E-state index contributed by atoms with van der Waals surface area (Å²) in [6.45, 7) is 0.0869. The molecule has 0 radical (unpaired) electrons. The van der Waals surface area contributed by atoms with Crippen LogP contribution < -0.4 is 4.74 Å². The number of methoxy groups -OCH3 is 1. The second-order valence-corrected chi connectivity index (χ2v) is 6.12. The first-order valence-electron chi connectivity index (χ1n) is 8.26. The molecule has 0 heterocycles. The summed E-state index contributed by atoms with van der Waals surface area (Å²) in [5, 5.41) is 14.4. The molecule has 0 aromatic heterocycles. The molecule has 0 saturated carbocycles. The molecule has 2 aromatic rings. The fraction of sp³-hybridized carbons (Fsp3) is 0.316. The van der Waals surface area contributed by atoms with Crippen LogP contribution in [0.4, 0.5) is 13.2 Å². The first kappa shape index (κ1) is 21.2. The van der Waals surface area contributed by atoms with Gasteiger partial charge in [0, 0.05) is 23.1 Å². The van der Waals surface area contributed by atoms with Gasteiger partial charge in [0.05, 0.1) is 7.11 Å². The number of aryl methyl sites for hydroxylation is 1. The van der Waals surface area contributed by atoms with E-state index in [1.165, 1.54) is 19.2 Å². The lowest BCUT2D eigenvalue weighted by Crippen LogP contribution is -2.49. The highest BCUT2D eigenvalue weighted by molar-refractivity contribution is 5.61. The molecule has 9 heteroatoms. The molecular formula is C19H19F3N2O4. The van der Waals surface area contributed by atoms with Crippen molar-refractivity contribution in [3.05, 3.63) is 75.3 Å². The van der Waals surface area contributed by atoms with Gasteiger partial charge in [-0.3, -0.25) is 10.1 Å². The monoisotopic (exact) mass is 396 g/mol. The lowest BCUT2D eigenvalue weighted by Gasteiger charge is -2.30. The maximum Gasteiger partial charge on any atom is 0.442 e. The summed E-state index contributed by atoms with van der Waals surface area (Å²) >= 11 is 0. The Morgan fingerprint density at radius 3 is 2.39 bits per heavy atom. The molecule has 0 bridgehead atoms. The molecule has 150 valence electrons. The van der Waals surface area contributed by atoms with Crippen LogP contribution in [0.1, 0.15) is 16.7 Å². The number of benzene rings is 2.